The Morgan fingerprint density at radius 1 is 1.69 bits per heavy atom. The average Bonchev–Trinajstić information content (AvgIpc) is 2.62. The molecule has 0 bridgehead atoms. The lowest BCUT2D eigenvalue weighted by atomic mass is 10.4. The Morgan fingerprint density at radius 3 is 3.08 bits per heavy atom. The molecule has 13 heavy (non-hydrogen) atoms. The first-order valence-electron chi connectivity index (χ1n) is 3.52. The van der Waals surface area contributed by atoms with Crippen molar-refractivity contribution in [3.05, 3.63) is 29.7 Å². The molecule has 0 aliphatic heterocycles. The van der Waals surface area contributed by atoms with Gasteiger partial charge in [0.25, 0.3) is 0 Å². The van der Waals surface area contributed by atoms with Crippen LogP contribution in [0.2, 0.25) is 0 Å². The van der Waals surface area contributed by atoms with Crippen molar-refractivity contribution in [1.29, 1.82) is 5.26 Å². The molecule has 1 heterocycles. The number of rotatable bonds is 2. The van der Waals surface area contributed by atoms with Gasteiger partial charge >= 0.3 is 5.97 Å². The van der Waals surface area contributed by atoms with Gasteiger partial charge in [-0.05, 0) is 18.2 Å². The fourth-order valence-corrected chi connectivity index (χ4v) is 0.772. The van der Waals surface area contributed by atoms with E-state index in [0.29, 0.717) is 5.76 Å². The summed E-state index contributed by atoms with van der Waals surface area (Å²) in [6.07, 6.45) is 2.73. The minimum absolute atomic E-state index is 0.125. The van der Waals surface area contributed by atoms with E-state index >= 15 is 0 Å². The highest BCUT2D eigenvalue weighted by Crippen LogP contribution is 2.10. The van der Waals surface area contributed by atoms with Crippen molar-refractivity contribution >= 4 is 12.0 Å². The van der Waals surface area contributed by atoms with Crippen LogP contribution in [-0.2, 0) is 4.74 Å². The molecule has 0 saturated carbocycles. The number of hydrogen-bond donors (Lipinski definition) is 0. The normalized spacial score (nSPS) is 9.85. The number of esters is 1. The summed E-state index contributed by atoms with van der Waals surface area (Å²) in [4.78, 5) is 10.9. The second-order valence-electron chi connectivity index (χ2n) is 2.16. The molecule has 4 heteroatoms. The lowest BCUT2D eigenvalue weighted by Gasteiger charge is -1.91. The van der Waals surface area contributed by atoms with Crippen molar-refractivity contribution < 1.29 is 13.9 Å². The molecule has 0 fully saturated rings. The third-order valence-corrected chi connectivity index (χ3v) is 1.34. The minimum Gasteiger partial charge on any atom is -0.463 e. The molecular formula is C9H7NO3. The molecule has 0 aromatic carbocycles. The van der Waals surface area contributed by atoms with E-state index in [1.54, 1.807) is 6.07 Å². The molecule has 0 saturated heterocycles. The third-order valence-electron chi connectivity index (χ3n) is 1.34. The van der Waals surface area contributed by atoms with Crippen molar-refractivity contribution in [2.45, 2.75) is 0 Å². The number of nitriles is 1. The van der Waals surface area contributed by atoms with Crippen LogP contribution in [0.3, 0.4) is 0 Å². The van der Waals surface area contributed by atoms with E-state index in [-0.39, 0.29) is 5.76 Å². The van der Waals surface area contributed by atoms with Crippen LogP contribution in [0.5, 0.6) is 0 Å². The van der Waals surface area contributed by atoms with Gasteiger partial charge < -0.3 is 9.15 Å². The predicted octanol–water partition coefficient (Wildman–Crippen LogP) is 1.60. The molecule has 4 nitrogen and oxygen atoms in total. The van der Waals surface area contributed by atoms with Crippen LogP contribution in [-0.4, -0.2) is 13.1 Å². The van der Waals surface area contributed by atoms with Crippen LogP contribution in [0.25, 0.3) is 6.08 Å². The Morgan fingerprint density at radius 2 is 2.46 bits per heavy atom. The summed E-state index contributed by atoms with van der Waals surface area (Å²) in [5, 5.41) is 8.22. The molecule has 0 unspecified atom stereocenters. The number of nitrogens with zero attached hydrogens (tertiary/aromatic N) is 1. The van der Waals surface area contributed by atoms with E-state index in [9.17, 15) is 4.79 Å². The Balaban J connectivity index is 2.82. The van der Waals surface area contributed by atoms with Crippen molar-refractivity contribution in [3.8, 4) is 6.07 Å². The monoisotopic (exact) mass is 177 g/mol. The van der Waals surface area contributed by atoms with Crippen LogP contribution in [0.1, 0.15) is 16.3 Å². The molecule has 0 atom stereocenters. The molecule has 0 aliphatic rings. The first kappa shape index (κ1) is 9.07. The Kier molecular flexibility index (Phi) is 2.87. The number of furan rings is 1. The molecule has 1 aromatic heterocycles. The highest BCUT2D eigenvalue weighted by atomic mass is 16.5. The SMILES string of the molecule is COC(=O)c1ccc(C=CC#N)o1. The van der Waals surface area contributed by atoms with E-state index in [1.807, 2.05) is 6.07 Å². The van der Waals surface area contributed by atoms with Gasteiger partial charge in [0.2, 0.25) is 5.76 Å². The minimum atomic E-state index is -0.531. The van der Waals surface area contributed by atoms with Gasteiger partial charge in [-0.25, -0.2) is 4.79 Å². The summed E-state index contributed by atoms with van der Waals surface area (Å²) in [5.74, 6) is 0.0404. The first-order chi connectivity index (χ1) is 6.27. The molecular weight excluding hydrogens is 170 g/mol. The number of carbonyl (C=O) groups is 1. The first-order valence-corrected chi connectivity index (χ1v) is 3.52. The van der Waals surface area contributed by atoms with E-state index in [0.717, 1.165) is 0 Å². The zero-order chi connectivity index (χ0) is 9.68. The summed E-state index contributed by atoms with van der Waals surface area (Å²) >= 11 is 0. The zero-order valence-electron chi connectivity index (χ0n) is 6.98. The van der Waals surface area contributed by atoms with E-state index < -0.39 is 5.97 Å². The molecule has 1 rings (SSSR count). The highest BCUT2D eigenvalue weighted by molar-refractivity contribution is 5.86. The lowest BCUT2D eigenvalue weighted by Crippen LogP contribution is -1.97. The quantitative estimate of drug-likeness (QED) is 0.508. The maximum absolute atomic E-state index is 10.9. The average molecular weight is 177 g/mol. The molecule has 0 N–H and O–H groups in total. The van der Waals surface area contributed by atoms with E-state index in [2.05, 4.69) is 4.74 Å². The van der Waals surface area contributed by atoms with Gasteiger partial charge in [0.05, 0.1) is 13.2 Å². The number of carbonyl (C=O) groups excluding carboxylic acids is 1. The topological polar surface area (TPSA) is 63.2 Å². The molecule has 66 valence electrons. The largest absolute Gasteiger partial charge is 0.463 e. The van der Waals surface area contributed by atoms with Crippen molar-refractivity contribution in [1.82, 2.24) is 0 Å². The molecule has 0 aliphatic carbocycles. The van der Waals surface area contributed by atoms with Crippen molar-refractivity contribution in [2.75, 3.05) is 7.11 Å². The Hall–Kier alpha value is -2.02. The maximum atomic E-state index is 10.9. The van der Waals surface area contributed by atoms with Crippen molar-refractivity contribution in [2.24, 2.45) is 0 Å². The number of allylic oxidation sites excluding steroid dienone is 1. The van der Waals surface area contributed by atoms with Gasteiger partial charge in [-0.15, -0.1) is 0 Å². The predicted molar refractivity (Wildman–Crippen MR) is 44.7 cm³/mol. The fourth-order valence-electron chi connectivity index (χ4n) is 0.772. The fraction of sp³-hybridized carbons (Fsp3) is 0.111. The molecule has 1 aromatic rings. The van der Waals surface area contributed by atoms with Crippen LogP contribution in [0.15, 0.2) is 22.6 Å². The third kappa shape index (κ3) is 2.20. The highest BCUT2D eigenvalue weighted by Gasteiger charge is 2.08. The number of ether oxygens (including phenoxy) is 1. The van der Waals surface area contributed by atoms with Gasteiger partial charge in [-0.3, -0.25) is 0 Å². The van der Waals surface area contributed by atoms with Gasteiger partial charge in [-0.2, -0.15) is 5.26 Å². The number of methoxy groups -OCH3 is 1. The molecule has 0 radical (unpaired) electrons. The second kappa shape index (κ2) is 4.12. The van der Waals surface area contributed by atoms with Gasteiger partial charge in [0, 0.05) is 6.08 Å². The second-order valence-corrected chi connectivity index (χ2v) is 2.16. The van der Waals surface area contributed by atoms with Gasteiger partial charge in [-0.1, -0.05) is 0 Å². The van der Waals surface area contributed by atoms with Crippen LogP contribution in [0, 0.1) is 11.3 Å². The summed E-state index contributed by atoms with van der Waals surface area (Å²) in [6.45, 7) is 0. The molecule has 0 amide bonds. The lowest BCUT2D eigenvalue weighted by molar-refractivity contribution is 0.0564. The standard InChI is InChI=1S/C9H7NO3/c1-12-9(11)8-5-4-7(13-8)3-2-6-10/h2-5H,1H3. The van der Waals surface area contributed by atoms with Crippen molar-refractivity contribution in [3.63, 3.8) is 0 Å². The molecule has 0 spiro atoms. The summed E-state index contributed by atoms with van der Waals surface area (Å²) in [6, 6.07) is 4.88. The zero-order valence-corrected chi connectivity index (χ0v) is 6.98. The smallest absolute Gasteiger partial charge is 0.373 e. The van der Waals surface area contributed by atoms with E-state index in [1.165, 1.54) is 25.3 Å². The van der Waals surface area contributed by atoms with Gasteiger partial charge in [0.15, 0.2) is 0 Å². The summed E-state index contributed by atoms with van der Waals surface area (Å²) in [5.41, 5.74) is 0. The maximum Gasteiger partial charge on any atom is 0.373 e. The Labute approximate surface area is 75.0 Å². The summed E-state index contributed by atoms with van der Waals surface area (Å²) < 4.78 is 9.46. The van der Waals surface area contributed by atoms with Crippen LogP contribution >= 0.6 is 0 Å². The van der Waals surface area contributed by atoms with Gasteiger partial charge in [0.1, 0.15) is 5.76 Å². The Bertz CT molecular complexity index is 370. The summed E-state index contributed by atoms with van der Waals surface area (Å²) in [7, 11) is 1.27. The van der Waals surface area contributed by atoms with E-state index in [4.69, 9.17) is 9.68 Å². The number of hydrogen-bond acceptors (Lipinski definition) is 4. The van der Waals surface area contributed by atoms with Crippen LogP contribution < -0.4 is 0 Å². The van der Waals surface area contributed by atoms with Crippen LogP contribution in [0.4, 0.5) is 0 Å².